The van der Waals surface area contributed by atoms with Crippen molar-refractivity contribution in [3.63, 3.8) is 0 Å². The van der Waals surface area contributed by atoms with Gasteiger partial charge in [-0.05, 0) is 52.8 Å². The summed E-state index contributed by atoms with van der Waals surface area (Å²) in [6, 6.07) is 10.3. The molecule has 1 saturated carbocycles. The molecule has 4 rings (SSSR count). The van der Waals surface area contributed by atoms with Crippen molar-refractivity contribution in [2.45, 2.75) is 49.1 Å². The molecule has 0 amide bonds. The molecule has 0 radical (unpaired) electrons. The van der Waals surface area contributed by atoms with E-state index in [-0.39, 0.29) is 5.25 Å². The fourth-order valence-electron chi connectivity index (χ4n) is 3.05. The molecule has 1 fully saturated rings. The number of tetrazole rings is 2. The highest BCUT2D eigenvalue weighted by Gasteiger charge is 2.25. The second-order valence-electron chi connectivity index (χ2n) is 5.89. The lowest BCUT2D eigenvalue weighted by molar-refractivity contribution is 0.422. The Morgan fingerprint density at radius 3 is 2.58 bits per heavy atom. The molecule has 1 aliphatic carbocycles. The number of rotatable bonds is 5. The third kappa shape index (κ3) is 2.91. The number of benzene rings is 1. The van der Waals surface area contributed by atoms with Gasteiger partial charge in [0, 0.05) is 0 Å². The van der Waals surface area contributed by atoms with E-state index in [1.807, 2.05) is 35.0 Å². The van der Waals surface area contributed by atoms with Gasteiger partial charge in [0.15, 0.2) is 5.82 Å². The van der Waals surface area contributed by atoms with Gasteiger partial charge in [-0.2, -0.15) is 4.68 Å². The van der Waals surface area contributed by atoms with Gasteiger partial charge in [0.25, 0.3) is 0 Å². The number of hydrogen-bond donors (Lipinski definition) is 0. The summed E-state index contributed by atoms with van der Waals surface area (Å²) in [5.74, 6) is 0.784. The molecule has 0 N–H and O–H groups in total. The predicted octanol–water partition coefficient (Wildman–Crippen LogP) is 2.62. The average Bonchev–Trinajstić information content (AvgIpc) is 3.36. The number of hydrogen-bond acceptors (Lipinski definition) is 7. The zero-order valence-corrected chi connectivity index (χ0v) is 14.2. The van der Waals surface area contributed by atoms with Crippen LogP contribution in [0.1, 0.15) is 49.7 Å². The normalized spacial score (nSPS) is 16.5. The van der Waals surface area contributed by atoms with Gasteiger partial charge < -0.3 is 0 Å². The standard InChI is InChI=1S/C15H18N8S/c1-11(14-16-18-20-22(14)12-7-3-2-4-8-12)24-15-17-19-21-23(15)13-9-5-6-10-13/h2-4,7-8,11,13H,5-6,9-10H2,1H3. The molecular weight excluding hydrogens is 324 g/mol. The lowest BCUT2D eigenvalue weighted by Gasteiger charge is -2.14. The quantitative estimate of drug-likeness (QED) is 0.659. The van der Waals surface area contributed by atoms with Crippen molar-refractivity contribution in [1.29, 1.82) is 0 Å². The van der Waals surface area contributed by atoms with Crippen LogP contribution in [0.4, 0.5) is 0 Å². The van der Waals surface area contributed by atoms with Crippen LogP contribution in [0.25, 0.3) is 5.69 Å². The Morgan fingerprint density at radius 2 is 1.79 bits per heavy atom. The monoisotopic (exact) mass is 342 g/mol. The van der Waals surface area contributed by atoms with Crippen molar-refractivity contribution in [2.24, 2.45) is 0 Å². The van der Waals surface area contributed by atoms with E-state index in [9.17, 15) is 0 Å². The van der Waals surface area contributed by atoms with Crippen LogP contribution in [-0.4, -0.2) is 40.4 Å². The topological polar surface area (TPSA) is 87.2 Å². The molecular formula is C15H18N8S. The highest BCUT2D eigenvalue weighted by atomic mass is 32.2. The number of nitrogens with zero attached hydrogens (tertiary/aromatic N) is 8. The van der Waals surface area contributed by atoms with Crippen LogP contribution in [0.5, 0.6) is 0 Å². The first kappa shape index (κ1) is 15.3. The van der Waals surface area contributed by atoms with E-state index in [0.29, 0.717) is 6.04 Å². The number of para-hydroxylation sites is 1. The van der Waals surface area contributed by atoms with Crippen LogP contribution in [0.3, 0.4) is 0 Å². The van der Waals surface area contributed by atoms with Crippen LogP contribution in [0, 0.1) is 0 Å². The van der Waals surface area contributed by atoms with Crippen molar-refractivity contribution in [2.75, 3.05) is 0 Å². The van der Waals surface area contributed by atoms with Crippen molar-refractivity contribution >= 4 is 11.8 Å². The molecule has 0 saturated heterocycles. The molecule has 1 unspecified atom stereocenters. The molecule has 0 spiro atoms. The minimum absolute atomic E-state index is 0.0337. The van der Waals surface area contributed by atoms with Gasteiger partial charge in [-0.25, -0.2) is 4.68 Å². The smallest absolute Gasteiger partial charge is 0.210 e. The summed E-state index contributed by atoms with van der Waals surface area (Å²) in [6.45, 7) is 2.07. The first-order valence-corrected chi connectivity index (χ1v) is 8.99. The third-order valence-electron chi connectivity index (χ3n) is 4.27. The molecule has 2 aromatic heterocycles. The van der Waals surface area contributed by atoms with Crippen molar-refractivity contribution < 1.29 is 0 Å². The SMILES string of the molecule is CC(Sc1nnnn1C1CCCC1)c1nnnn1-c1ccccc1. The molecule has 1 atom stereocenters. The van der Waals surface area contributed by atoms with E-state index < -0.39 is 0 Å². The second kappa shape index (κ2) is 6.68. The Bertz CT molecular complexity index is 793. The van der Waals surface area contributed by atoms with Gasteiger partial charge >= 0.3 is 0 Å². The van der Waals surface area contributed by atoms with E-state index >= 15 is 0 Å². The van der Waals surface area contributed by atoms with Crippen LogP contribution >= 0.6 is 11.8 Å². The Kier molecular flexibility index (Phi) is 4.24. The first-order valence-electron chi connectivity index (χ1n) is 8.11. The average molecular weight is 342 g/mol. The zero-order chi connectivity index (χ0) is 16.4. The van der Waals surface area contributed by atoms with E-state index in [0.717, 1.165) is 29.5 Å². The molecule has 0 aliphatic heterocycles. The van der Waals surface area contributed by atoms with Crippen LogP contribution < -0.4 is 0 Å². The summed E-state index contributed by atoms with van der Waals surface area (Å²) in [7, 11) is 0. The highest BCUT2D eigenvalue weighted by molar-refractivity contribution is 7.99. The summed E-state index contributed by atoms with van der Waals surface area (Å²) in [4.78, 5) is 0. The third-order valence-corrected chi connectivity index (χ3v) is 5.32. The Morgan fingerprint density at radius 1 is 1.04 bits per heavy atom. The molecule has 124 valence electrons. The number of aromatic nitrogens is 8. The molecule has 1 aromatic carbocycles. The molecule has 3 aromatic rings. The van der Waals surface area contributed by atoms with Crippen LogP contribution in [-0.2, 0) is 0 Å². The van der Waals surface area contributed by atoms with E-state index in [4.69, 9.17) is 0 Å². The minimum Gasteiger partial charge on any atom is -0.217 e. The summed E-state index contributed by atoms with van der Waals surface area (Å²) in [5.41, 5.74) is 0.945. The summed E-state index contributed by atoms with van der Waals surface area (Å²) in [5, 5.41) is 25.3. The fourth-order valence-corrected chi connectivity index (χ4v) is 4.00. The van der Waals surface area contributed by atoms with E-state index in [1.165, 1.54) is 12.8 Å². The van der Waals surface area contributed by atoms with Crippen molar-refractivity contribution in [1.82, 2.24) is 40.4 Å². The lowest BCUT2D eigenvalue weighted by Crippen LogP contribution is -2.10. The van der Waals surface area contributed by atoms with E-state index in [1.54, 1.807) is 16.4 Å². The van der Waals surface area contributed by atoms with Gasteiger partial charge in [-0.15, -0.1) is 10.2 Å². The minimum atomic E-state index is 0.0337. The molecule has 8 nitrogen and oxygen atoms in total. The van der Waals surface area contributed by atoms with Gasteiger partial charge in [-0.1, -0.05) is 42.8 Å². The van der Waals surface area contributed by atoms with Gasteiger partial charge in [-0.3, -0.25) is 0 Å². The molecule has 1 aliphatic rings. The molecule has 24 heavy (non-hydrogen) atoms. The first-order chi connectivity index (χ1) is 11.8. The summed E-state index contributed by atoms with van der Waals surface area (Å²) >= 11 is 1.59. The van der Waals surface area contributed by atoms with Gasteiger partial charge in [0.05, 0.1) is 17.0 Å². The number of thioether (sulfide) groups is 1. The fraction of sp³-hybridized carbons (Fsp3) is 0.467. The van der Waals surface area contributed by atoms with E-state index in [2.05, 4.69) is 38.0 Å². The highest BCUT2D eigenvalue weighted by Crippen LogP contribution is 2.36. The Labute approximate surface area is 143 Å². The van der Waals surface area contributed by atoms with Gasteiger partial charge in [0.2, 0.25) is 5.16 Å². The maximum atomic E-state index is 4.20. The largest absolute Gasteiger partial charge is 0.217 e. The Balaban J connectivity index is 1.57. The van der Waals surface area contributed by atoms with Gasteiger partial charge in [0.1, 0.15) is 0 Å². The zero-order valence-electron chi connectivity index (χ0n) is 13.4. The van der Waals surface area contributed by atoms with Crippen LogP contribution in [0.15, 0.2) is 35.5 Å². The van der Waals surface area contributed by atoms with Crippen LogP contribution in [0.2, 0.25) is 0 Å². The molecule has 9 heteroatoms. The summed E-state index contributed by atoms with van der Waals surface area (Å²) < 4.78 is 3.73. The van der Waals surface area contributed by atoms with Crippen molar-refractivity contribution in [3.05, 3.63) is 36.2 Å². The maximum absolute atomic E-state index is 4.20. The Hall–Kier alpha value is -2.29. The predicted molar refractivity (Wildman–Crippen MR) is 88.7 cm³/mol. The second-order valence-corrected chi connectivity index (χ2v) is 7.20. The van der Waals surface area contributed by atoms with Crippen molar-refractivity contribution in [3.8, 4) is 5.69 Å². The molecule has 2 heterocycles. The summed E-state index contributed by atoms with van der Waals surface area (Å²) in [6.07, 6.45) is 4.79. The maximum Gasteiger partial charge on any atom is 0.210 e. The lowest BCUT2D eigenvalue weighted by atomic mass is 10.3. The molecule has 0 bridgehead atoms.